The fraction of sp³-hybridized carbons (Fsp3) is 0.238. The van der Waals surface area contributed by atoms with Crippen LogP contribution >= 0.6 is 22.9 Å². The number of hydrogen-bond donors (Lipinski definition) is 0. The van der Waals surface area contributed by atoms with Crippen LogP contribution in [0.15, 0.2) is 34.2 Å². The number of halogens is 1. The maximum atomic E-state index is 11.7. The van der Waals surface area contributed by atoms with Crippen molar-refractivity contribution in [3.63, 3.8) is 0 Å². The monoisotopic (exact) mass is 459 g/mol. The highest BCUT2D eigenvalue weighted by molar-refractivity contribution is 7.17. The second-order valence-corrected chi connectivity index (χ2v) is 7.80. The molecule has 0 radical (unpaired) electrons. The van der Waals surface area contributed by atoms with Crippen LogP contribution in [0.25, 0.3) is 21.5 Å². The van der Waals surface area contributed by atoms with Gasteiger partial charge in [0.2, 0.25) is 11.8 Å². The summed E-state index contributed by atoms with van der Waals surface area (Å²) in [6.07, 6.45) is 0.616. The summed E-state index contributed by atoms with van der Waals surface area (Å²) < 4.78 is 22.3. The van der Waals surface area contributed by atoms with E-state index in [1.54, 1.807) is 13.8 Å². The Balaban J connectivity index is 1.59. The van der Waals surface area contributed by atoms with Crippen molar-refractivity contribution in [3.8, 4) is 23.0 Å². The maximum Gasteiger partial charge on any atom is 0.513 e. The Bertz CT molecular complexity index is 1250. The number of pyridine rings is 1. The number of aromatic nitrogens is 3. The number of hydrogen-bond acceptors (Lipinski definition) is 9. The highest BCUT2D eigenvalue weighted by atomic mass is 35.5. The Hall–Kier alpha value is -3.17. The first-order valence-electron chi connectivity index (χ1n) is 9.39. The van der Waals surface area contributed by atoms with E-state index < -0.39 is 6.16 Å². The van der Waals surface area contributed by atoms with Gasteiger partial charge in [0.05, 0.1) is 17.5 Å². The largest absolute Gasteiger partial charge is 0.513 e. The van der Waals surface area contributed by atoms with Crippen molar-refractivity contribution in [2.45, 2.75) is 27.4 Å². The molecule has 4 aromatic rings. The van der Waals surface area contributed by atoms with Crippen molar-refractivity contribution >= 4 is 39.2 Å². The topological polar surface area (TPSA) is 96.6 Å². The van der Waals surface area contributed by atoms with Gasteiger partial charge in [-0.3, -0.25) is 0 Å². The van der Waals surface area contributed by atoms with Crippen molar-refractivity contribution in [1.82, 2.24) is 15.2 Å². The highest BCUT2D eigenvalue weighted by Gasteiger charge is 2.18. The molecule has 0 bridgehead atoms. The lowest BCUT2D eigenvalue weighted by atomic mass is 10.1. The Labute approximate surface area is 186 Å². The molecule has 3 heterocycles. The number of thiophene rings is 1. The van der Waals surface area contributed by atoms with Gasteiger partial charge in [0.1, 0.15) is 17.5 Å². The van der Waals surface area contributed by atoms with Crippen LogP contribution in [0.4, 0.5) is 4.79 Å². The van der Waals surface area contributed by atoms with E-state index in [9.17, 15) is 4.79 Å². The lowest BCUT2D eigenvalue weighted by Crippen LogP contribution is -2.10. The molecule has 0 aliphatic carbocycles. The quantitative estimate of drug-likeness (QED) is 0.266. The zero-order chi connectivity index (χ0) is 22.0. The predicted octanol–water partition coefficient (Wildman–Crippen LogP) is 5.73. The second-order valence-electron chi connectivity index (χ2n) is 6.56. The lowest BCUT2D eigenvalue weighted by molar-refractivity contribution is 0.105. The fourth-order valence-electron chi connectivity index (χ4n) is 2.91. The Morgan fingerprint density at radius 2 is 2.06 bits per heavy atom. The van der Waals surface area contributed by atoms with Crippen LogP contribution in [0.3, 0.4) is 0 Å². The van der Waals surface area contributed by atoms with Gasteiger partial charge in [0.15, 0.2) is 5.75 Å². The van der Waals surface area contributed by atoms with E-state index in [2.05, 4.69) is 15.2 Å². The molecule has 3 aromatic heterocycles. The van der Waals surface area contributed by atoms with Crippen LogP contribution in [0.2, 0.25) is 5.15 Å². The Morgan fingerprint density at radius 3 is 2.81 bits per heavy atom. The summed E-state index contributed by atoms with van der Waals surface area (Å²) in [4.78, 5) is 15.8. The van der Waals surface area contributed by atoms with Gasteiger partial charge in [0, 0.05) is 23.4 Å². The highest BCUT2D eigenvalue weighted by Crippen LogP contribution is 2.38. The molecule has 160 valence electrons. The number of rotatable bonds is 6. The minimum Gasteiger partial charge on any atom is -0.489 e. The molecule has 0 aliphatic heterocycles. The minimum atomic E-state index is -0.789. The molecule has 0 N–H and O–H groups in total. The van der Waals surface area contributed by atoms with E-state index in [1.165, 1.54) is 17.5 Å². The molecule has 0 atom stereocenters. The van der Waals surface area contributed by atoms with Gasteiger partial charge < -0.3 is 18.6 Å². The van der Waals surface area contributed by atoms with E-state index >= 15 is 0 Å². The van der Waals surface area contributed by atoms with Crippen LogP contribution in [0.5, 0.6) is 11.5 Å². The third-order valence-corrected chi connectivity index (χ3v) is 5.72. The second kappa shape index (κ2) is 8.91. The molecular weight excluding hydrogens is 442 g/mol. The van der Waals surface area contributed by atoms with E-state index in [4.69, 9.17) is 30.2 Å². The maximum absolute atomic E-state index is 11.7. The summed E-state index contributed by atoms with van der Waals surface area (Å²) in [6, 6.07) is 5.68. The number of carbonyl (C=O) groups excluding carboxylic acids is 1. The zero-order valence-electron chi connectivity index (χ0n) is 17.0. The molecule has 1 aromatic carbocycles. The summed E-state index contributed by atoms with van der Waals surface area (Å²) in [7, 11) is 0. The summed E-state index contributed by atoms with van der Waals surface area (Å²) in [6.45, 7) is 5.85. The molecule has 8 nitrogen and oxygen atoms in total. The van der Waals surface area contributed by atoms with Crippen LogP contribution in [0.1, 0.15) is 23.9 Å². The number of benzene rings is 1. The zero-order valence-corrected chi connectivity index (χ0v) is 18.5. The average Bonchev–Trinajstić information content (AvgIpc) is 3.37. The van der Waals surface area contributed by atoms with Crippen LogP contribution in [0, 0.1) is 13.8 Å². The summed E-state index contributed by atoms with van der Waals surface area (Å²) in [5, 5.41) is 10.8. The number of ether oxygens (including phenoxy) is 3. The first-order valence-corrected chi connectivity index (χ1v) is 10.6. The van der Waals surface area contributed by atoms with Crippen LogP contribution < -0.4 is 9.47 Å². The molecule has 0 unspecified atom stereocenters. The predicted molar refractivity (Wildman–Crippen MR) is 116 cm³/mol. The molecule has 4 rings (SSSR count). The van der Waals surface area contributed by atoms with Crippen molar-refractivity contribution in [3.05, 3.63) is 51.9 Å². The fourth-order valence-corrected chi connectivity index (χ4v) is 4.24. The molecule has 0 fully saturated rings. The molecule has 31 heavy (non-hydrogen) atoms. The third-order valence-electron chi connectivity index (χ3n) is 4.39. The summed E-state index contributed by atoms with van der Waals surface area (Å²) in [5.74, 6) is 1.89. The van der Waals surface area contributed by atoms with E-state index in [-0.39, 0.29) is 13.2 Å². The van der Waals surface area contributed by atoms with Crippen LogP contribution in [-0.2, 0) is 11.3 Å². The average molecular weight is 460 g/mol. The molecule has 0 spiro atoms. The van der Waals surface area contributed by atoms with Crippen molar-refractivity contribution in [1.29, 1.82) is 0 Å². The lowest BCUT2D eigenvalue weighted by Gasteiger charge is -2.10. The first-order chi connectivity index (χ1) is 15.0. The SMILES string of the molecule is CCOC(=O)Oc1cnc(Cl)c2c(COc3cc(-c4nnc(C)o4)ccc3C)csc12. The molecular formula is C21H18ClN3O5S. The number of fused-ring (bicyclic) bond motifs is 1. The summed E-state index contributed by atoms with van der Waals surface area (Å²) in [5.41, 5.74) is 2.54. The smallest absolute Gasteiger partial charge is 0.489 e. The Morgan fingerprint density at radius 1 is 1.23 bits per heavy atom. The molecule has 0 aliphatic rings. The first kappa shape index (κ1) is 21.1. The minimum absolute atomic E-state index is 0.216. The van der Waals surface area contributed by atoms with Crippen LogP contribution in [-0.4, -0.2) is 27.9 Å². The van der Waals surface area contributed by atoms with E-state index in [0.29, 0.717) is 38.5 Å². The number of aryl methyl sites for hydroxylation is 2. The van der Waals surface area contributed by atoms with Gasteiger partial charge in [-0.1, -0.05) is 17.7 Å². The standard InChI is InChI=1S/C21H18ClN3O5S/c1-4-27-21(26)30-16-8-23-19(22)17-14(10-31-18(16)17)9-28-15-7-13(6-5-11(15)2)20-25-24-12(3)29-20/h5-8,10H,4,9H2,1-3H3. The molecule has 0 amide bonds. The van der Waals surface area contributed by atoms with Gasteiger partial charge in [-0.2, -0.15) is 0 Å². The van der Waals surface area contributed by atoms with Gasteiger partial charge in [-0.25, -0.2) is 9.78 Å². The molecule has 0 saturated carbocycles. The van der Waals surface area contributed by atoms with Crippen molar-refractivity contribution in [2.75, 3.05) is 6.61 Å². The van der Waals surface area contributed by atoms with Crippen molar-refractivity contribution in [2.24, 2.45) is 0 Å². The van der Waals surface area contributed by atoms with Gasteiger partial charge in [-0.15, -0.1) is 21.5 Å². The van der Waals surface area contributed by atoms with Crippen molar-refractivity contribution < 1.29 is 23.4 Å². The van der Waals surface area contributed by atoms with Gasteiger partial charge in [0.25, 0.3) is 0 Å². The summed E-state index contributed by atoms with van der Waals surface area (Å²) >= 11 is 7.72. The number of nitrogens with zero attached hydrogens (tertiary/aromatic N) is 3. The third kappa shape index (κ3) is 4.47. The normalized spacial score (nSPS) is 11.0. The van der Waals surface area contributed by atoms with E-state index in [1.807, 2.05) is 30.5 Å². The molecule has 0 saturated heterocycles. The number of carbonyl (C=O) groups is 1. The van der Waals surface area contributed by atoms with Gasteiger partial charge >= 0.3 is 6.16 Å². The van der Waals surface area contributed by atoms with Gasteiger partial charge in [-0.05, 0) is 36.9 Å². The van der Waals surface area contributed by atoms with E-state index in [0.717, 1.165) is 16.7 Å². The Kier molecular flexibility index (Phi) is 6.06. The molecule has 10 heteroatoms.